The highest BCUT2D eigenvalue weighted by atomic mass is 79.9. The van der Waals surface area contributed by atoms with Crippen LogP contribution >= 0.6 is 15.9 Å². The van der Waals surface area contributed by atoms with Crippen molar-refractivity contribution in [3.8, 4) is 5.75 Å². The summed E-state index contributed by atoms with van der Waals surface area (Å²) in [6.45, 7) is 0. The van der Waals surface area contributed by atoms with Gasteiger partial charge >= 0.3 is 0 Å². The largest absolute Gasteiger partial charge is 0.495 e. The number of methoxy groups -OCH3 is 1. The predicted octanol–water partition coefficient (Wildman–Crippen LogP) is 3.85. The molecule has 0 saturated heterocycles. The molecule has 0 heterocycles. The Labute approximate surface area is 114 Å². The summed E-state index contributed by atoms with van der Waals surface area (Å²) in [5.41, 5.74) is 5.28. The molecule has 1 fully saturated rings. The van der Waals surface area contributed by atoms with Gasteiger partial charge in [0.05, 0.1) is 11.6 Å². The Bertz CT molecular complexity index is 459. The summed E-state index contributed by atoms with van der Waals surface area (Å²) in [7, 11) is 1.37. The molecule has 1 saturated carbocycles. The SMILES string of the molecule is COc1cc(F)c(C2(N)CCCCC2)c(F)c1Br. The maximum absolute atomic E-state index is 14.3. The highest BCUT2D eigenvalue weighted by Gasteiger charge is 2.36. The van der Waals surface area contributed by atoms with E-state index in [1.54, 1.807) is 0 Å². The van der Waals surface area contributed by atoms with E-state index in [0.717, 1.165) is 19.3 Å². The van der Waals surface area contributed by atoms with Gasteiger partial charge in [-0.15, -0.1) is 0 Å². The minimum atomic E-state index is -0.902. The Balaban J connectivity index is 2.53. The quantitative estimate of drug-likeness (QED) is 0.840. The van der Waals surface area contributed by atoms with E-state index in [2.05, 4.69) is 15.9 Å². The second kappa shape index (κ2) is 5.13. The molecule has 0 bridgehead atoms. The molecule has 0 unspecified atom stereocenters. The van der Waals surface area contributed by atoms with Crippen molar-refractivity contribution in [2.75, 3.05) is 7.11 Å². The molecule has 1 aromatic rings. The summed E-state index contributed by atoms with van der Waals surface area (Å²) in [5, 5.41) is 0. The normalized spacial score (nSPS) is 18.7. The van der Waals surface area contributed by atoms with Crippen molar-refractivity contribution < 1.29 is 13.5 Å². The summed E-state index contributed by atoms with van der Waals surface area (Å²) in [6, 6.07) is 1.19. The summed E-state index contributed by atoms with van der Waals surface area (Å²) in [6.07, 6.45) is 4.09. The van der Waals surface area contributed by atoms with E-state index >= 15 is 0 Å². The monoisotopic (exact) mass is 319 g/mol. The van der Waals surface area contributed by atoms with Gasteiger partial charge < -0.3 is 10.5 Å². The van der Waals surface area contributed by atoms with Gasteiger partial charge in [-0.1, -0.05) is 19.3 Å². The summed E-state index contributed by atoms with van der Waals surface area (Å²) >= 11 is 3.09. The minimum absolute atomic E-state index is 0.0186. The number of hydrogen-bond acceptors (Lipinski definition) is 2. The lowest BCUT2D eigenvalue weighted by atomic mass is 9.77. The van der Waals surface area contributed by atoms with E-state index < -0.39 is 17.2 Å². The number of nitrogens with two attached hydrogens (primary N) is 1. The van der Waals surface area contributed by atoms with Crippen molar-refractivity contribution in [3.05, 3.63) is 27.7 Å². The van der Waals surface area contributed by atoms with Gasteiger partial charge in [0.25, 0.3) is 0 Å². The van der Waals surface area contributed by atoms with Crippen LogP contribution in [0, 0.1) is 11.6 Å². The molecule has 18 heavy (non-hydrogen) atoms. The maximum Gasteiger partial charge on any atom is 0.149 e. The fourth-order valence-corrected chi connectivity index (χ4v) is 3.09. The van der Waals surface area contributed by atoms with E-state index in [-0.39, 0.29) is 15.8 Å². The van der Waals surface area contributed by atoms with Gasteiger partial charge in [-0.05, 0) is 28.8 Å². The van der Waals surface area contributed by atoms with Crippen LogP contribution in [0.2, 0.25) is 0 Å². The summed E-state index contributed by atoms with van der Waals surface area (Å²) < 4.78 is 33.4. The van der Waals surface area contributed by atoms with Gasteiger partial charge in [0.15, 0.2) is 0 Å². The molecular weight excluding hydrogens is 304 g/mol. The molecule has 5 heteroatoms. The molecule has 2 nitrogen and oxygen atoms in total. The van der Waals surface area contributed by atoms with Gasteiger partial charge in [-0.3, -0.25) is 0 Å². The second-order valence-electron chi connectivity index (χ2n) is 4.78. The van der Waals surface area contributed by atoms with Crippen molar-refractivity contribution in [2.45, 2.75) is 37.6 Å². The second-order valence-corrected chi connectivity index (χ2v) is 5.57. The third-order valence-corrected chi connectivity index (χ3v) is 4.33. The van der Waals surface area contributed by atoms with Crippen LogP contribution in [0.1, 0.15) is 37.7 Å². The zero-order valence-electron chi connectivity index (χ0n) is 10.2. The molecule has 0 radical (unpaired) electrons. The Morgan fingerprint density at radius 2 is 1.89 bits per heavy atom. The highest BCUT2D eigenvalue weighted by molar-refractivity contribution is 9.10. The first-order valence-corrected chi connectivity index (χ1v) is 6.80. The summed E-state index contributed by atoms with van der Waals surface area (Å²) in [4.78, 5) is 0. The van der Waals surface area contributed by atoms with E-state index in [1.165, 1.54) is 13.2 Å². The average molecular weight is 320 g/mol. The number of ether oxygens (including phenoxy) is 1. The lowest BCUT2D eigenvalue weighted by Gasteiger charge is -2.34. The Morgan fingerprint density at radius 1 is 1.28 bits per heavy atom. The van der Waals surface area contributed by atoms with E-state index in [1.807, 2.05) is 0 Å². The first-order valence-electron chi connectivity index (χ1n) is 6.00. The molecule has 2 rings (SSSR count). The fourth-order valence-electron chi connectivity index (χ4n) is 2.61. The maximum atomic E-state index is 14.3. The van der Waals surface area contributed by atoms with Crippen LogP contribution < -0.4 is 10.5 Å². The standard InChI is InChI=1S/C13H16BrF2NO/c1-18-9-7-8(15)10(12(16)11(9)14)13(17)5-3-2-4-6-13/h7H,2-6,17H2,1H3. The lowest BCUT2D eigenvalue weighted by Crippen LogP contribution is -2.40. The van der Waals surface area contributed by atoms with Crippen molar-refractivity contribution >= 4 is 15.9 Å². The highest BCUT2D eigenvalue weighted by Crippen LogP contribution is 2.41. The molecule has 1 aliphatic carbocycles. The number of benzene rings is 1. The van der Waals surface area contributed by atoms with Crippen molar-refractivity contribution in [1.29, 1.82) is 0 Å². The van der Waals surface area contributed by atoms with Gasteiger partial charge in [0.2, 0.25) is 0 Å². The molecule has 1 aliphatic rings. The van der Waals surface area contributed by atoms with Crippen LogP contribution in [-0.2, 0) is 5.54 Å². The molecule has 0 spiro atoms. The summed E-state index contributed by atoms with van der Waals surface area (Å²) in [5.74, 6) is -1.12. The molecular formula is C13H16BrF2NO. The first-order chi connectivity index (χ1) is 8.49. The molecule has 2 N–H and O–H groups in total. The molecule has 0 aliphatic heterocycles. The van der Waals surface area contributed by atoms with Crippen molar-refractivity contribution in [3.63, 3.8) is 0 Å². The third kappa shape index (κ3) is 2.26. The van der Waals surface area contributed by atoms with E-state index in [4.69, 9.17) is 10.5 Å². The van der Waals surface area contributed by atoms with Gasteiger partial charge in [-0.2, -0.15) is 0 Å². The number of hydrogen-bond donors (Lipinski definition) is 1. The Hall–Kier alpha value is -0.680. The Kier molecular flexibility index (Phi) is 3.92. The fraction of sp³-hybridized carbons (Fsp3) is 0.538. The molecule has 100 valence electrons. The van der Waals surface area contributed by atoms with E-state index in [9.17, 15) is 8.78 Å². The van der Waals surface area contributed by atoms with Crippen LogP contribution in [0.3, 0.4) is 0 Å². The van der Waals surface area contributed by atoms with Crippen LogP contribution in [-0.4, -0.2) is 7.11 Å². The van der Waals surface area contributed by atoms with Crippen molar-refractivity contribution in [2.24, 2.45) is 5.73 Å². The number of rotatable bonds is 2. The zero-order valence-corrected chi connectivity index (χ0v) is 11.8. The lowest BCUT2D eigenvalue weighted by molar-refractivity contribution is 0.280. The van der Waals surface area contributed by atoms with Crippen LogP contribution in [0.15, 0.2) is 10.5 Å². The number of halogens is 3. The predicted molar refractivity (Wildman–Crippen MR) is 69.6 cm³/mol. The smallest absolute Gasteiger partial charge is 0.149 e. The van der Waals surface area contributed by atoms with Crippen LogP contribution in [0.4, 0.5) is 8.78 Å². The van der Waals surface area contributed by atoms with Gasteiger partial charge in [0.1, 0.15) is 17.4 Å². The van der Waals surface area contributed by atoms with Gasteiger partial charge in [-0.25, -0.2) is 8.78 Å². The first kappa shape index (κ1) is 13.7. The molecule has 0 atom stereocenters. The van der Waals surface area contributed by atoms with Crippen molar-refractivity contribution in [1.82, 2.24) is 0 Å². The molecule has 0 amide bonds. The van der Waals surface area contributed by atoms with Crippen LogP contribution in [0.5, 0.6) is 5.75 Å². The molecule has 0 aromatic heterocycles. The molecule has 1 aromatic carbocycles. The zero-order chi connectivity index (χ0) is 13.3. The topological polar surface area (TPSA) is 35.2 Å². The van der Waals surface area contributed by atoms with Gasteiger partial charge in [0, 0.05) is 17.2 Å². The minimum Gasteiger partial charge on any atom is -0.495 e. The van der Waals surface area contributed by atoms with E-state index in [0.29, 0.717) is 12.8 Å². The third-order valence-electron chi connectivity index (χ3n) is 3.59. The average Bonchev–Trinajstić information content (AvgIpc) is 2.34. The van der Waals surface area contributed by atoms with Crippen LogP contribution in [0.25, 0.3) is 0 Å². The Morgan fingerprint density at radius 3 is 2.44 bits per heavy atom.